The highest BCUT2D eigenvalue weighted by molar-refractivity contribution is 5.80. The molecule has 2 saturated heterocycles. The quantitative estimate of drug-likeness (QED) is 0.746. The number of carbonyl (C=O) groups is 2. The van der Waals surface area contributed by atoms with Gasteiger partial charge in [0.2, 0.25) is 11.8 Å². The summed E-state index contributed by atoms with van der Waals surface area (Å²) in [4.78, 5) is 25.7. The van der Waals surface area contributed by atoms with Gasteiger partial charge in [0.25, 0.3) is 0 Å². The van der Waals surface area contributed by atoms with E-state index in [2.05, 4.69) is 17.6 Å². The number of amides is 2. The van der Waals surface area contributed by atoms with Gasteiger partial charge in [-0.3, -0.25) is 9.59 Å². The highest BCUT2D eigenvalue weighted by atomic mass is 16.5. The van der Waals surface area contributed by atoms with Gasteiger partial charge in [-0.2, -0.15) is 0 Å². The second kappa shape index (κ2) is 7.04. The number of nitrogens with one attached hydrogen (secondary N) is 2. The van der Waals surface area contributed by atoms with Crippen molar-refractivity contribution >= 4 is 11.8 Å². The number of hydrogen-bond donors (Lipinski definition) is 2. The summed E-state index contributed by atoms with van der Waals surface area (Å²) in [5.74, 6) is 0.276. The van der Waals surface area contributed by atoms with E-state index in [0.717, 1.165) is 25.8 Å². The Morgan fingerprint density at radius 2 is 2.00 bits per heavy atom. The third-order valence-corrected chi connectivity index (χ3v) is 4.32. The summed E-state index contributed by atoms with van der Waals surface area (Å²) >= 11 is 0. The van der Waals surface area contributed by atoms with Crippen LogP contribution < -0.4 is 10.6 Å². The zero-order valence-electron chi connectivity index (χ0n) is 12.4. The normalized spacial score (nSPS) is 27.6. The van der Waals surface area contributed by atoms with Crippen LogP contribution in [0.2, 0.25) is 0 Å². The molecule has 2 amide bonds. The Labute approximate surface area is 120 Å². The van der Waals surface area contributed by atoms with Gasteiger partial charge in [-0.15, -0.1) is 0 Å². The van der Waals surface area contributed by atoms with Crippen molar-refractivity contribution < 1.29 is 14.3 Å². The molecular weight excluding hydrogens is 258 g/mol. The van der Waals surface area contributed by atoms with Crippen LogP contribution in [0.25, 0.3) is 0 Å². The predicted octanol–water partition coefficient (Wildman–Crippen LogP) is -0.262. The van der Waals surface area contributed by atoms with E-state index in [1.54, 1.807) is 0 Å². The number of ether oxygens (including phenoxy) is 1. The lowest BCUT2D eigenvalue weighted by Crippen LogP contribution is -2.49. The highest BCUT2D eigenvalue weighted by Gasteiger charge is 2.31. The number of piperidine rings is 1. The minimum absolute atomic E-state index is 0.0332. The molecule has 0 aromatic carbocycles. The van der Waals surface area contributed by atoms with Crippen LogP contribution in [0.1, 0.15) is 26.2 Å². The second-order valence-corrected chi connectivity index (χ2v) is 5.73. The van der Waals surface area contributed by atoms with Gasteiger partial charge in [-0.1, -0.05) is 0 Å². The van der Waals surface area contributed by atoms with E-state index in [4.69, 9.17) is 4.74 Å². The zero-order chi connectivity index (χ0) is 14.5. The molecule has 2 fully saturated rings. The zero-order valence-corrected chi connectivity index (χ0v) is 12.4. The first-order valence-electron chi connectivity index (χ1n) is 7.42. The van der Waals surface area contributed by atoms with Crippen LogP contribution in [-0.4, -0.2) is 62.1 Å². The van der Waals surface area contributed by atoms with Crippen molar-refractivity contribution in [1.82, 2.24) is 15.5 Å². The maximum Gasteiger partial charge on any atom is 0.248 e. The Morgan fingerprint density at radius 1 is 1.30 bits per heavy atom. The summed E-state index contributed by atoms with van der Waals surface area (Å²) in [5.41, 5.74) is 0. The molecule has 2 rings (SSSR count). The van der Waals surface area contributed by atoms with Gasteiger partial charge in [0, 0.05) is 32.3 Å². The average Bonchev–Trinajstić information content (AvgIpc) is 2.86. The predicted molar refractivity (Wildman–Crippen MR) is 75.2 cm³/mol. The fourth-order valence-electron chi connectivity index (χ4n) is 3.01. The van der Waals surface area contributed by atoms with Crippen LogP contribution in [-0.2, 0) is 14.3 Å². The minimum atomic E-state index is 0.0332. The molecule has 2 atom stereocenters. The van der Waals surface area contributed by atoms with Crippen molar-refractivity contribution in [3.05, 3.63) is 0 Å². The van der Waals surface area contributed by atoms with Crippen LogP contribution in [0.4, 0.5) is 0 Å². The molecule has 6 heteroatoms. The lowest BCUT2D eigenvalue weighted by Gasteiger charge is -2.33. The van der Waals surface area contributed by atoms with Crippen molar-refractivity contribution in [2.24, 2.45) is 5.92 Å². The fourth-order valence-corrected chi connectivity index (χ4v) is 3.01. The van der Waals surface area contributed by atoms with Crippen LogP contribution in [0, 0.1) is 5.92 Å². The molecule has 2 N–H and O–H groups in total. The minimum Gasteiger partial charge on any atom is -0.375 e. The van der Waals surface area contributed by atoms with Gasteiger partial charge >= 0.3 is 0 Å². The number of methoxy groups -OCH3 is 1. The third kappa shape index (κ3) is 3.70. The van der Waals surface area contributed by atoms with Gasteiger partial charge in [0.05, 0.1) is 5.92 Å². The van der Waals surface area contributed by atoms with Crippen LogP contribution in [0.3, 0.4) is 0 Å². The number of carbonyl (C=O) groups excluding carboxylic acids is 2. The fraction of sp³-hybridized carbons (Fsp3) is 0.857. The maximum atomic E-state index is 12.2. The number of nitrogens with zero attached hydrogens (tertiary/aromatic N) is 1. The second-order valence-electron chi connectivity index (χ2n) is 5.73. The Morgan fingerprint density at radius 3 is 2.55 bits per heavy atom. The molecule has 2 unspecified atom stereocenters. The number of hydrogen-bond acceptors (Lipinski definition) is 4. The molecule has 0 saturated carbocycles. The summed E-state index contributed by atoms with van der Waals surface area (Å²) in [6.45, 7) is 4.52. The molecule has 2 aliphatic heterocycles. The van der Waals surface area contributed by atoms with E-state index in [9.17, 15) is 9.59 Å². The van der Waals surface area contributed by atoms with Gasteiger partial charge in [-0.25, -0.2) is 0 Å². The summed E-state index contributed by atoms with van der Waals surface area (Å²) in [6, 6.07) is 0.459. The molecule has 114 valence electrons. The first-order valence-corrected chi connectivity index (χ1v) is 7.42. The van der Waals surface area contributed by atoms with E-state index < -0.39 is 0 Å². The van der Waals surface area contributed by atoms with E-state index in [1.807, 2.05) is 4.90 Å². The van der Waals surface area contributed by atoms with Crippen LogP contribution in [0.15, 0.2) is 0 Å². The molecule has 20 heavy (non-hydrogen) atoms. The Hall–Kier alpha value is -1.14. The van der Waals surface area contributed by atoms with Crippen molar-refractivity contribution in [2.45, 2.75) is 38.3 Å². The first-order chi connectivity index (χ1) is 9.61. The van der Waals surface area contributed by atoms with Gasteiger partial charge in [0.1, 0.15) is 6.61 Å². The van der Waals surface area contributed by atoms with Gasteiger partial charge in [-0.05, 0) is 32.7 Å². The maximum absolute atomic E-state index is 12.2. The summed E-state index contributed by atoms with van der Waals surface area (Å²) in [5, 5.41) is 6.43. The lowest BCUT2D eigenvalue weighted by molar-refractivity contribution is -0.136. The molecule has 6 nitrogen and oxygen atoms in total. The molecule has 0 aromatic heterocycles. The molecule has 2 aliphatic rings. The molecule has 2 heterocycles. The molecule has 0 radical (unpaired) electrons. The van der Waals surface area contributed by atoms with Crippen molar-refractivity contribution in [1.29, 1.82) is 0 Å². The molecule has 0 bridgehead atoms. The van der Waals surface area contributed by atoms with E-state index >= 15 is 0 Å². The topological polar surface area (TPSA) is 70.7 Å². The smallest absolute Gasteiger partial charge is 0.248 e. The van der Waals surface area contributed by atoms with Crippen LogP contribution in [0.5, 0.6) is 0 Å². The van der Waals surface area contributed by atoms with Crippen molar-refractivity contribution in [3.63, 3.8) is 0 Å². The molecule has 0 aromatic rings. The van der Waals surface area contributed by atoms with Crippen molar-refractivity contribution in [3.8, 4) is 0 Å². The summed E-state index contributed by atoms with van der Waals surface area (Å²) < 4.78 is 4.86. The Balaban J connectivity index is 1.74. The third-order valence-electron chi connectivity index (χ3n) is 4.32. The number of rotatable bonds is 4. The molecule has 0 spiro atoms. The van der Waals surface area contributed by atoms with E-state index in [-0.39, 0.29) is 36.4 Å². The molecular formula is C14H25N3O3. The summed E-state index contributed by atoms with van der Waals surface area (Å²) in [6.07, 6.45) is 2.57. The first kappa shape index (κ1) is 15.3. The van der Waals surface area contributed by atoms with E-state index in [0.29, 0.717) is 13.1 Å². The van der Waals surface area contributed by atoms with Gasteiger partial charge in [0.15, 0.2) is 0 Å². The standard InChI is InChI=1S/C14H25N3O3/c1-10-12(3-6-15-10)14(19)16-11-4-7-17(8-5-11)13(18)9-20-2/h10-12,15H,3-9H2,1-2H3,(H,16,19). The SMILES string of the molecule is COCC(=O)N1CCC(NC(=O)C2CCNC2C)CC1. The van der Waals surface area contributed by atoms with Crippen LogP contribution >= 0.6 is 0 Å². The Bertz CT molecular complexity index is 354. The number of likely N-dealkylation sites (tertiary alicyclic amines) is 1. The van der Waals surface area contributed by atoms with Gasteiger partial charge < -0.3 is 20.3 Å². The Kier molecular flexibility index (Phi) is 5.37. The monoisotopic (exact) mass is 283 g/mol. The van der Waals surface area contributed by atoms with E-state index in [1.165, 1.54) is 7.11 Å². The summed E-state index contributed by atoms with van der Waals surface area (Å²) in [7, 11) is 1.53. The largest absolute Gasteiger partial charge is 0.375 e. The lowest BCUT2D eigenvalue weighted by atomic mass is 9.99. The highest BCUT2D eigenvalue weighted by Crippen LogP contribution is 2.17. The van der Waals surface area contributed by atoms with Crippen molar-refractivity contribution in [2.75, 3.05) is 33.4 Å². The molecule has 0 aliphatic carbocycles. The average molecular weight is 283 g/mol.